The molecule has 0 saturated heterocycles. The maximum absolute atomic E-state index is 11.9. The number of thiophene rings is 1. The first-order valence-corrected chi connectivity index (χ1v) is 6.98. The van der Waals surface area contributed by atoms with E-state index in [9.17, 15) is 4.79 Å². The number of hydrogen-bond acceptors (Lipinski definition) is 5. The van der Waals surface area contributed by atoms with Crippen LogP contribution < -0.4 is 11.1 Å². The van der Waals surface area contributed by atoms with Crippen LogP contribution in [0.3, 0.4) is 0 Å². The van der Waals surface area contributed by atoms with Gasteiger partial charge in [0.05, 0.1) is 15.8 Å². The van der Waals surface area contributed by atoms with Gasteiger partial charge in [0.15, 0.2) is 5.13 Å². The molecule has 3 N–H and O–H groups in total. The molecule has 2 aromatic heterocycles. The number of aromatic nitrogens is 1. The third-order valence-electron chi connectivity index (χ3n) is 2.42. The van der Waals surface area contributed by atoms with Gasteiger partial charge in [0.1, 0.15) is 0 Å². The normalized spacial score (nSPS) is 10.7. The standard InChI is InChI=1S/C12H9N3OS2/c13-8-1-2-9-10(5-8)18-12(14-9)15-11(16)7-3-4-17-6-7/h1-6H,13H2,(H,14,15,16). The van der Waals surface area contributed by atoms with Crippen molar-refractivity contribution >= 4 is 49.6 Å². The van der Waals surface area contributed by atoms with Crippen molar-refractivity contribution in [3.05, 3.63) is 40.6 Å². The van der Waals surface area contributed by atoms with Crippen LogP contribution >= 0.6 is 22.7 Å². The molecule has 2 heterocycles. The van der Waals surface area contributed by atoms with Gasteiger partial charge in [-0.3, -0.25) is 10.1 Å². The Kier molecular flexibility index (Phi) is 2.73. The molecule has 1 aromatic carbocycles. The topological polar surface area (TPSA) is 68.0 Å². The van der Waals surface area contributed by atoms with Crippen molar-refractivity contribution in [2.24, 2.45) is 0 Å². The lowest BCUT2D eigenvalue weighted by molar-refractivity contribution is 0.102. The van der Waals surface area contributed by atoms with E-state index in [1.807, 2.05) is 17.5 Å². The molecule has 6 heteroatoms. The molecule has 0 aliphatic heterocycles. The number of nitrogens with zero attached hydrogens (tertiary/aromatic N) is 1. The number of fused-ring (bicyclic) bond motifs is 1. The zero-order valence-corrected chi connectivity index (χ0v) is 10.8. The Bertz CT molecular complexity index is 703. The van der Waals surface area contributed by atoms with E-state index in [2.05, 4.69) is 10.3 Å². The second-order valence-corrected chi connectivity index (χ2v) is 5.52. The van der Waals surface area contributed by atoms with E-state index in [0.29, 0.717) is 16.4 Å². The van der Waals surface area contributed by atoms with Crippen molar-refractivity contribution in [3.63, 3.8) is 0 Å². The molecular weight excluding hydrogens is 266 g/mol. The molecule has 0 radical (unpaired) electrons. The van der Waals surface area contributed by atoms with E-state index >= 15 is 0 Å². The summed E-state index contributed by atoms with van der Waals surface area (Å²) in [6, 6.07) is 7.28. The zero-order valence-electron chi connectivity index (χ0n) is 9.21. The van der Waals surface area contributed by atoms with E-state index in [1.165, 1.54) is 22.7 Å². The minimum Gasteiger partial charge on any atom is -0.399 e. The number of hydrogen-bond donors (Lipinski definition) is 2. The van der Waals surface area contributed by atoms with Crippen LogP contribution in [0.15, 0.2) is 35.0 Å². The molecule has 18 heavy (non-hydrogen) atoms. The summed E-state index contributed by atoms with van der Waals surface area (Å²) in [6.45, 7) is 0. The van der Waals surface area contributed by atoms with Crippen LogP contribution in [0.1, 0.15) is 10.4 Å². The fourth-order valence-electron chi connectivity index (χ4n) is 1.56. The monoisotopic (exact) mass is 275 g/mol. The molecule has 1 amide bonds. The van der Waals surface area contributed by atoms with Crippen molar-refractivity contribution in [2.45, 2.75) is 0 Å². The summed E-state index contributed by atoms with van der Waals surface area (Å²) in [4.78, 5) is 16.2. The summed E-state index contributed by atoms with van der Waals surface area (Å²) in [6.07, 6.45) is 0. The highest BCUT2D eigenvalue weighted by Crippen LogP contribution is 2.27. The third kappa shape index (κ3) is 2.07. The first-order chi connectivity index (χ1) is 8.72. The van der Waals surface area contributed by atoms with E-state index in [0.717, 1.165) is 10.2 Å². The molecule has 0 unspecified atom stereocenters. The van der Waals surface area contributed by atoms with Crippen molar-refractivity contribution in [1.29, 1.82) is 0 Å². The lowest BCUT2D eigenvalue weighted by atomic mass is 10.3. The quantitative estimate of drug-likeness (QED) is 0.706. The molecule has 0 aliphatic carbocycles. The van der Waals surface area contributed by atoms with E-state index in [4.69, 9.17) is 5.73 Å². The van der Waals surface area contributed by atoms with Crippen LogP contribution in [0.4, 0.5) is 10.8 Å². The maximum Gasteiger partial charge on any atom is 0.258 e. The molecule has 3 rings (SSSR count). The van der Waals surface area contributed by atoms with Crippen LogP contribution in [-0.4, -0.2) is 10.9 Å². The number of thiazole rings is 1. The van der Waals surface area contributed by atoms with Gasteiger partial charge in [-0.05, 0) is 29.6 Å². The van der Waals surface area contributed by atoms with Gasteiger partial charge < -0.3 is 5.73 Å². The zero-order chi connectivity index (χ0) is 12.5. The molecule has 0 aliphatic rings. The first-order valence-electron chi connectivity index (χ1n) is 5.22. The Morgan fingerprint density at radius 2 is 2.22 bits per heavy atom. The van der Waals surface area contributed by atoms with Crippen LogP contribution in [0.5, 0.6) is 0 Å². The Balaban J connectivity index is 1.89. The summed E-state index contributed by atoms with van der Waals surface area (Å²) in [5.41, 5.74) is 7.89. The first kappa shape index (κ1) is 11.2. The van der Waals surface area contributed by atoms with Crippen molar-refractivity contribution in [1.82, 2.24) is 4.98 Å². The number of nitrogen functional groups attached to an aromatic ring is 1. The van der Waals surface area contributed by atoms with Crippen LogP contribution in [0, 0.1) is 0 Å². The number of nitrogens with one attached hydrogen (secondary N) is 1. The fraction of sp³-hybridized carbons (Fsp3) is 0. The molecule has 3 aromatic rings. The molecule has 0 fully saturated rings. The number of amides is 1. The third-order valence-corrected chi connectivity index (χ3v) is 4.03. The van der Waals surface area contributed by atoms with E-state index in [-0.39, 0.29) is 5.91 Å². The summed E-state index contributed by atoms with van der Waals surface area (Å²) < 4.78 is 0.968. The van der Waals surface area contributed by atoms with Crippen molar-refractivity contribution in [2.75, 3.05) is 11.1 Å². The van der Waals surface area contributed by atoms with Gasteiger partial charge in [-0.2, -0.15) is 11.3 Å². The number of carbonyl (C=O) groups is 1. The van der Waals surface area contributed by atoms with Crippen LogP contribution in [0.25, 0.3) is 10.2 Å². The average Bonchev–Trinajstić information content (AvgIpc) is 2.95. The number of benzene rings is 1. The molecule has 0 saturated carbocycles. The largest absolute Gasteiger partial charge is 0.399 e. The molecule has 0 spiro atoms. The maximum atomic E-state index is 11.9. The summed E-state index contributed by atoms with van der Waals surface area (Å²) in [7, 11) is 0. The molecule has 4 nitrogen and oxygen atoms in total. The van der Waals surface area contributed by atoms with Gasteiger partial charge >= 0.3 is 0 Å². The second kappa shape index (κ2) is 4.40. The highest BCUT2D eigenvalue weighted by molar-refractivity contribution is 7.22. The minimum atomic E-state index is -0.136. The SMILES string of the molecule is Nc1ccc2nc(NC(=O)c3ccsc3)sc2c1. The number of carbonyl (C=O) groups excluding carboxylic acids is 1. The summed E-state index contributed by atoms with van der Waals surface area (Å²) in [5.74, 6) is -0.136. The molecule has 90 valence electrons. The van der Waals surface area contributed by atoms with Gasteiger partial charge in [-0.25, -0.2) is 4.98 Å². The van der Waals surface area contributed by atoms with Crippen LogP contribution in [-0.2, 0) is 0 Å². The average molecular weight is 275 g/mol. The second-order valence-electron chi connectivity index (χ2n) is 3.71. The Labute approximate surface area is 111 Å². The minimum absolute atomic E-state index is 0.136. The van der Waals surface area contributed by atoms with Gasteiger partial charge in [-0.15, -0.1) is 0 Å². The Morgan fingerprint density at radius 1 is 1.33 bits per heavy atom. The van der Waals surface area contributed by atoms with Crippen molar-refractivity contribution < 1.29 is 4.79 Å². The van der Waals surface area contributed by atoms with Gasteiger partial charge in [-0.1, -0.05) is 11.3 Å². The lowest BCUT2D eigenvalue weighted by Gasteiger charge is -1.97. The van der Waals surface area contributed by atoms with Gasteiger partial charge in [0.25, 0.3) is 5.91 Å². The summed E-state index contributed by atoms with van der Waals surface area (Å²) in [5, 5.41) is 7.05. The molecular formula is C12H9N3OS2. The fourth-order valence-corrected chi connectivity index (χ4v) is 3.10. The highest BCUT2D eigenvalue weighted by Gasteiger charge is 2.10. The predicted molar refractivity (Wildman–Crippen MR) is 76.3 cm³/mol. The smallest absolute Gasteiger partial charge is 0.258 e. The van der Waals surface area contributed by atoms with Gasteiger partial charge in [0, 0.05) is 11.1 Å². The lowest BCUT2D eigenvalue weighted by Crippen LogP contribution is -2.10. The number of nitrogens with two attached hydrogens (primary N) is 1. The van der Waals surface area contributed by atoms with E-state index < -0.39 is 0 Å². The van der Waals surface area contributed by atoms with E-state index in [1.54, 1.807) is 17.5 Å². The number of rotatable bonds is 2. The van der Waals surface area contributed by atoms with Crippen LogP contribution in [0.2, 0.25) is 0 Å². The predicted octanol–water partition coefficient (Wildman–Crippen LogP) is 3.19. The molecule has 0 bridgehead atoms. The van der Waals surface area contributed by atoms with Gasteiger partial charge in [0.2, 0.25) is 0 Å². The molecule has 0 atom stereocenters. The highest BCUT2D eigenvalue weighted by atomic mass is 32.1. The Hall–Kier alpha value is -1.92. The number of anilines is 2. The van der Waals surface area contributed by atoms with Crippen molar-refractivity contribution in [3.8, 4) is 0 Å². The summed E-state index contributed by atoms with van der Waals surface area (Å²) >= 11 is 2.91. The Morgan fingerprint density at radius 3 is 3.00 bits per heavy atom.